The van der Waals surface area contributed by atoms with Gasteiger partial charge in [0.05, 0.1) is 5.69 Å². The predicted molar refractivity (Wildman–Crippen MR) is 78.9 cm³/mol. The SMILES string of the molecule is CS(=O)CCCNS(=O)(=O)c1ccc(C(N)=S)nc1. The highest BCUT2D eigenvalue weighted by molar-refractivity contribution is 7.89. The van der Waals surface area contributed by atoms with E-state index in [0.717, 1.165) is 0 Å². The van der Waals surface area contributed by atoms with Crippen LogP contribution in [0.1, 0.15) is 12.1 Å². The van der Waals surface area contributed by atoms with Gasteiger partial charge in [-0.25, -0.2) is 13.1 Å². The van der Waals surface area contributed by atoms with Crippen molar-refractivity contribution in [2.75, 3.05) is 18.6 Å². The van der Waals surface area contributed by atoms with Crippen LogP contribution in [-0.2, 0) is 20.8 Å². The van der Waals surface area contributed by atoms with Crippen molar-refractivity contribution in [1.82, 2.24) is 9.71 Å². The Morgan fingerprint density at radius 2 is 2.21 bits per heavy atom. The van der Waals surface area contributed by atoms with E-state index in [1.54, 1.807) is 6.26 Å². The van der Waals surface area contributed by atoms with Gasteiger partial charge in [-0.15, -0.1) is 0 Å². The van der Waals surface area contributed by atoms with Crippen LogP contribution in [0.3, 0.4) is 0 Å². The molecular weight excluding hydrogens is 306 g/mol. The molecule has 1 heterocycles. The molecule has 0 bridgehead atoms. The van der Waals surface area contributed by atoms with Crippen molar-refractivity contribution < 1.29 is 12.6 Å². The number of nitrogens with one attached hydrogen (secondary N) is 1. The summed E-state index contributed by atoms with van der Waals surface area (Å²) in [6, 6.07) is 2.85. The lowest BCUT2D eigenvalue weighted by molar-refractivity contribution is 0.580. The molecule has 0 saturated carbocycles. The van der Waals surface area contributed by atoms with Gasteiger partial charge in [-0.05, 0) is 18.6 Å². The third-order valence-electron chi connectivity index (χ3n) is 2.20. The molecular formula is C10H15N3O3S3. The molecule has 0 radical (unpaired) electrons. The van der Waals surface area contributed by atoms with Gasteiger partial charge < -0.3 is 5.73 Å². The fraction of sp³-hybridized carbons (Fsp3) is 0.400. The number of nitrogens with two attached hydrogens (primary N) is 1. The van der Waals surface area contributed by atoms with E-state index < -0.39 is 20.8 Å². The van der Waals surface area contributed by atoms with Crippen molar-refractivity contribution in [2.24, 2.45) is 5.73 Å². The largest absolute Gasteiger partial charge is 0.388 e. The fourth-order valence-corrected chi connectivity index (χ4v) is 2.94. The number of hydrogen-bond acceptors (Lipinski definition) is 5. The summed E-state index contributed by atoms with van der Waals surface area (Å²) in [5.41, 5.74) is 5.75. The van der Waals surface area contributed by atoms with Crippen LogP contribution in [0.25, 0.3) is 0 Å². The summed E-state index contributed by atoms with van der Waals surface area (Å²) in [4.78, 5) is 4.03. The zero-order valence-electron chi connectivity index (χ0n) is 10.3. The molecule has 1 atom stereocenters. The Hall–Kier alpha value is -0.900. The lowest BCUT2D eigenvalue weighted by atomic mass is 10.3. The molecule has 0 spiro atoms. The quantitative estimate of drug-likeness (QED) is 0.531. The second-order valence-electron chi connectivity index (χ2n) is 3.77. The van der Waals surface area contributed by atoms with E-state index in [1.807, 2.05) is 0 Å². The summed E-state index contributed by atoms with van der Waals surface area (Å²) < 4.78 is 37.0. The van der Waals surface area contributed by atoms with Gasteiger partial charge in [0, 0.05) is 35.5 Å². The van der Waals surface area contributed by atoms with Gasteiger partial charge in [-0.2, -0.15) is 0 Å². The smallest absolute Gasteiger partial charge is 0.242 e. The van der Waals surface area contributed by atoms with E-state index in [0.29, 0.717) is 17.9 Å². The number of rotatable bonds is 7. The first-order chi connectivity index (χ1) is 8.83. The third-order valence-corrected chi connectivity index (χ3v) is 4.72. The van der Waals surface area contributed by atoms with Crippen LogP contribution in [0.4, 0.5) is 0 Å². The van der Waals surface area contributed by atoms with Crippen LogP contribution in [0.15, 0.2) is 23.2 Å². The van der Waals surface area contributed by atoms with E-state index in [-0.39, 0.29) is 16.4 Å². The van der Waals surface area contributed by atoms with Gasteiger partial charge in [0.1, 0.15) is 9.88 Å². The Labute approximate surface area is 120 Å². The van der Waals surface area contributed by atoms with Gasteiger partial charge in [0.2, 0.25) is 10.0 Å². The number of aromatic nitrogens is 1. The molecule has 3 N–H and O–H groups in total. The maximum absolute atomic E-state index is 11.9. The summed E-state index contributed by atoms with van der Waals surface area (Å²) in [6.45, 7) is 0.235. The average Bonchev–Trinajstić information content (AvgIpc) is 2.34. The summed E-state index contributed by atoms with van der Waals surface area (Å²) >= 11 is 4.73. The molecule has 9 heteroatoms. The second kappa shape index (κ2) is 7.04. The van der Waals surface area contributed by atoms with E-state index in [4.69, 9.17) is 18.0 Å². The summed E-state index contributed by atoms with van der Waals surface area (Å²) in [7, 11) is -4.52. The summed E-state index contributed by atoms with van der Waals surface area (Å²) in [5, 5.41) is 0. The molecule has 1 rings (SSSR count). The van der Waals surface area contributed by atoms with Crippen molar-refractivity contribution in [3.63, 3.8) is 0 Å². The molecule has 6 nitrogen and oxygen atoms in total. The average molecular weight is 321 g/mol. The Bertz CT molecular complexity index is 569. The van der Waals surface area contributed by atoms with E-state index in [2.05, 4.69) is 9.71 Å². The van der Waals surface area contributed by atoms with Gasteiger partial charge in [0.25, 0.3) is 0 Å². The van der Waals surface area contributed by atoms with Crippen molar-refractivity contribution in [1.29, 1.82) is 0 Å². The summed E-state index contributed by atoms with van der Waals surface area (Å²) in [6.07, 6.45) is 3.29. The van der Waals surface area contributed by atoms with Gasteiger partial charge in [-0.3, -0.25) is 9.19 Å². The Balaban J connectivity index is 2.66. The molecule has 0 aliphatic rings. The normalized spacial score (nSPS) is 13.1. The molecule has 1 aromatic rings. The van der Waals surface area contributed by atoms with E-state index in [9.17, 15) is 12.6 Å². The number of hydrogen-bond donors (Lipinski definition) is 2. The topological polar surface area (TPSA) is 102 Å². The van der Waals surface area contributed by atoms with E-state index >= 15 is 0 Å². The van der Waals surface area contributed by atoms with Crippen molar-refractivity contribution >= 4 is 38.0 Å². The first-order valence-corrected chi connectivity index (χ1v) is 9.00. The molecule has 0 amide bonds. The maximum atomic E-state index is 11.9. The molecule has 19 heavy (non-hydrogen) atoms. The van der Waals surface area contributed by atoms with Crippen LogP contribution in [0, 0.1) is 0 Å². The van der Waals surface area contributed by atoms with Crippen LogP contribution >= 0.6 is 12.2 Å². The van der Waals surface area contributed by atoms with Crippen molar-refractivity contribution in [3.05, 3.63) is 24.0 Å². The van der Waals surface area contributed by atoms with Crippen molar-refractivity contribution in [2.45, 2.75) is 11.3 Å². The highest BCUT2D eigenvalue weighted by Gasteiger charge is 2.14. The Kier molecular flexibility index (Phi) is 5.98. The third kappa shape index (κ3) is 5.31. The maximum Gasteiger partial charge on any atom is 0.242 e. The predicted octanol–water partition coefficient (Wildman–Crippen LogP) is -0.237. The minimum Gasteiger partial charge on any atom is -0.388 e. The van der Waals surface area contributed by atoms with Gasteiger partial charge >= 0.3 is 0 Å². The van der Waals surface area contributed by atoms with Gasteiger partial charge in [-0.1, -0.05) is 12.2 Å². The minimum absolute atomic E-state index is 0.0464. The minimum atomic E-state index is -3.60. The molecule has 0 fully saturated rings. The molecule has 106 valence electrons. The van der Waals surface area contributed by atoms with Crippen LogP contribution in [-0.4, -0.2) is 41.2 Å². The van der Waals surface area contributed by atoms with Crippen LogP contribution < -0.4 is 10.5 Å². The lowest BCUT2D eigenvalue weighted by Gasteiger charge is -2.06. The van der Waals surface area contributed by atoms with E-state index in [1.165, 1.54) is 18.3 Å². The zero-order chi connectivity index (χ0) is 14.5. The zero-order valence-corrected chi connectivity index (χ0v) is 12.8. The molecule has 1 unspecified atom stereocenters. The number of nitrogens with zero attached hydrogens (tertiary/aromatic N) is 1. The standard InChI is InChI=1S/C10H15N3O3S3/c1-18(14)6-2-5-13-19(15,16)8-3-4-9(10(11)17)12-7-8/h3-4,7,13H,2,5-6H2,1H3,(H2,11,17). The van der Waals surface area contributed by atoms with Gasteiger partial charge in [0.15, 0.2) is 0 Å². The van der Waals surface area contributed by atoms with Crippen molar-refractivity contribution in [3.8, 4) is 0 Å². The monoisotopic (exact) mass is 321 g/mol. The highest BCUT2D eigenvalue weighted by Crippen LogP contribution is 2.07. The summed E-state index contributed by atoms with van der Waals surface area (Å²) in [5.74, 6) is 0.459. The molecule has 0 saturated heterocycles. The highest BCUT2D eigenvalue weighted by atomic mass is 32.2. The Morgan fingerprint density at radius 1 is 1.53 bits per heavy atom. The molecule has 0 aromatic carbocycles. The molecule has 0 aliphatic heterocycles. The number of sulfonamides is 1. The number of pyridine rings is 1. The second-order valence-corrected chi connectivity index (χ2v) is 7.53. The first kappa shape index (κ1) is 16.2. The number of thiocarbonyl (C=S) groups is 1. The fourth-order valence-electron chi connectivity index (χ4n) is 1.25. The van der Waals surface area contributed by atoms with Crippen LogP contribution in [0.5, 0.6) is 0 Å². The lowest BCUT2D eigenvalue weighted by Crippen LogP contribution is -2.26. The van der Waals surface area contributed by atoms with Crippen LogP contribution in [0.2, 0.25) is 0 Å². The molecule has 1 aromatic heterocycles. The Morgan fingerprint density at radius 3 is 2.68 bits per heavy atom. The molecule has 0 aliphatic carbocycles. The first-order valence-electron chi connectivity index (χ1n) is 5.38.